The number of benzene rings is 12. The molecule has 0 atom stereocenters. The fourth-order valence-corrected chi connectivity index (χ4v) is 11.6. The van der Waals surface area contributed by atoms with Crippen molar-refractivity contribution >= 4 is 72.2 Å². The highest BCUT2D eigenvalue weighted by atomic mass is 16.1. The van der Waals surface area contributed by atoms with E-state index in [0.717, 1.165) is 95.3 Å². The van der Waals surface area contributed by atoms with Crippen molar-refractivity contribution in [3.05, 3.63) is 318 Å². The van der Waals surface area contributed by atoms with Crippen LogP contribution in [0.3, 0.4) is 0 Å². The normalized spacial score (nSPS) is 11.4. The number of fused-ring (bicyclic) bond motifs is 4. The fraction of sp³-hybridized carbons (Fsp3) is 0. The summed E-state index contributed by atoms with van der Waals surface area (Å²) in [4.78, 5) is 35.7. The van der Waals surface area contributed by atoms with E-state index in [1.165, 1.54) is 0 Å². The Morgan fingerprint density at radius 3 is 1.09 bits per heavy atom. The average Bonchev–Trinajstić information content (AvgIpc) is 3.57. The van der Waals surface area contributed by atoms with Crippen LogP contribution in [0.25, 0.3) is 93.7 Å². The second-order valence-electron chi connectivity index (χ2n) is 19.9. The van der Waals surface area contributed by atoms with Crippen molar-refractivity contribution in [2.75, 3.05) is 9.80 Å². The zero-order chi connectivity index (χ0) is 52.8. The molecule has 14 aromatic rings. The van der Waals surface area contributed by atoms with E-state index >= 15 is 9.59 Å². The zero-order valence-corrected chi connectivity index (χ0v) is 42.9. The molecular weight excluding hydrogens is 963 g/mol. The van der Waals surface area contributed by atoms with E-state index in [4.69, 9.17) is 0 Å². The van der Waals surface area contributed by atoms with Crippen LogP contribution in [0.15, 0.2) is 307 Å². The van der Waals surface area contributed by atoms with Gasteiger partial charge in [-0.2, -0.15) is 0 Å². The number of anilines is 6. The summed E-state index contributed by atoms with van der Waals surface area (Å²) in [6.45, 7) is 0. The summed E-state index contributed by atoms with van der Waals surface area (Å²) in [6.07, 6.45) is 0. The highest BCUT2D eigenvalue weighted by Gasteiger charge is 2.24. The predicted octanol–water partition coefficient (Wildman–Crippen LogP) is 18.8. The summed E-state index contributed by atoms with van der Waals surface area (Å²) < 4.78 is 2.15. The van der Waals surface area contributed by atoms with Crippen LogP contribution in [-0.4, -0.2) is 4.40 Å². The van der Waals surface area contributed by atoms with E-state index in [9.17, 15) is 0 Å². The molecule has 5 heteroatoms. The quantitative estimate of drug-likeness (QED) is 0.0957. The summed E-state index contributed by atoms with van der Waals surface area (Å²) in [5.74, 6) is 0. The molecule has 0 aliphatic carbocycles. The first kappa shape index (κ1) is 46.9. The molecule has 2 heterocycles. The Balaban J connectivity index is 0.979. The molecule has 12 aromatic carbocycles. The maximum absolute atomic E-state index is 15.7. The van der Waals surface area contributed by atoms with Crippen LogP contribution in [0.4, 0.5) is 34.1 Å². The van der Waals surface area contributed by atoms with E-state index in [-0.39, 0.29) is 10.9 Å². The van der Waals surface area contributed by atoms with Gasteiger partial charge in [0.25, 0.3) is 0 Å². The van der Waals surface area contributed by atoms with Crippen molar-refractivity contribution in [3.8, 4) is 55.6 Å². The third kappa shape index (κ3) is 8.29. The third-order valence-electron chi connectivity index (χ3n) is 15.3. The van der Waals surface area contributed by atoms with Gasteiger partial charge in [0.2, 0.25) is 0 Å². The Labute approximate surface area is 457 Å². The number of rotatable bonds is 11. The van der Waals surface area contributed by atoms with Crippen LogP contribution >= 0.6 is 0 Å². The van der Waals surface area contributed by atoms with Crippen molar-refractivity contribution < 1.29 is 0 Å². The zero-order valence-electron chi connectivity index (χ0n) is 42.9. The summed E-state index contributed by atoms with van der Waals surface area (Å²) in [7, 11) is 0. The Kier molecular flexibility index (Phi) is 11.8. The van der Waals surface area contributed by atoms with Crippen LogP contribution in [0, 0.1) is 0 Å². The maximum Gasteiger partial charge on any atom is 0.197 e. The molecule has 14 rings (SSSR count). The predicted molar refractivity (Wildman–Crippen MR) is 330 cm³/mol. The number of nitrogens with zero attached hydrogens (tertiary/aromatic N) is 3. The summed E-state index contributed by atoms with van der Waals surface area (Å²) in [5.41, 5.74) is 17.7. The van der Waals surface area contributed by atoms with E-state index in [2.05, 4.69) is 214 Å². The molecule has 0 aliphatic heterocycles. The van der Waals surface area contributed by atoms with E-state index in [0.29, 0.717) is 32.6 Å². The van der Waals surface area contributed by atoms with Crippen LogP contribution in [0.2, 0.25) is 0 Å². The van der Waals surface area contributed by atoms with Gasteiger partial charge in [-0.15, -0.1) is 0 Å². The topological polar surface area (TPSA) is 45.0 Å². The van der Waals surface area contributed by atoms with Crippen LogP contribution in [-0.2, 0) is 0 Å². The number of hydrogen-bond acceptors (Lipinski definition) is 4. The van der Waals surface area contributed by atoms with Crippen molar-refractivity contribution in [1.82, 2.24) is 4.40 Å². The van der Waals surface area contributed by atoms with Gasteiger partial charge >= 0.3 is 0 Å². The Hall–Kier alpha value is -10.6. The minimum atomic E-state index is -0.142. The number of pyridine rings is 2. The van der Waals surface area contributed by atoms with Crippen LogP contribution in [0.1, 0.15) is 0 Å². The lowest BCUT2D eigenvalue weighted by atomic mass is 9.91. The first-order chi connectivity index (χ1) is 39.1. The molecule has 79 heavy (non-hydrogen) atoms. The van der Waals surface area contributed by atoms with Crippen molar-refractivity contribution in [1.29, 1.82) is 0 Å². The molecule has 0 amide bonds. The maximum atomic E-state index is 15.7. The average molecular weight is 1010 g/mol. The molecular formula is C74H49N3O2. The molecule has 0 saturated carbocycles. The van der Waals surface area contributed by atoms with Gasteiger partial charge in [-0.1, -0.05) is 206 Å². The third-order valence-corrected chi connectivity index (χ3v) is 15.3. The Morgan fingerprint density at radius 2 is 0.582 bits per heavy atom. The van der Waals surface area contributed by atoms with Crippen LogP contribution in [0.5, 0.6) is 0 Å². The largest absolute Gasteiger partial charge is 0.310 e. The van der Waals surface area contributed by atoms with Crippen molar-refractivity contribution in [3.63, 3.8) is 0 Å². The molecule has 5 nitrogen and oxygen atoms in total. The van der Waals surface area contributed by atoms with Gasteiger partial charge in [0.15, 0.2) is 10.9 Å². The fourth-order valence-electron chi connectivity index (χ4n) is 11.6. The van der Waals surface area contributed by atoms with Crippen molar-refractivity contribution in [2.24, 2.45) is 0 Å². The van der Waals surface area contributed by atoms with Crippen LogP contribution < -0.4 is 20.7 Å². The molecule has 0 bridgehead atoms. The number of aromatic nitrogens is 1. The minimum absolute atomic E-state index is 0.131. The SMILES string of the molecule is O=c1c2cc(-c3ccc(N(c4ccccc4)c4ccccc4-c4ccccc4)cc3)ccc2n2c3ccc(N(c4ccccc4)c4ccccc4-c4ccccc4)cc3c(=O)c3cc(-c4ccccc4-c4ccccc4)cc1c32. The summed E-state index contributed by atoms with van der Waals surface area (Å²) in [5, 5.41) is 2.06. The second kappa shape index (κ2) is 19.8. The summed E-state index contributed by atoms with van der Waals surface area (Å²) >= 11 is 0. The minimum Gasteiger partial charge on any atom is -0.310 e. The first-order valence-corrected chi connectivity index (χ1v) is 26.7. The second-order valence-corrected chi connectivity index (χ2v) is 19.9. The molecule has 0 radical (unpaired) electrons. The van der Waals surface area contributed by atoms with Crippen molar-refractivity contribution in [2.45, 2.75) is 0 Å². The Bertz CT molecular complexity index is 4680. The number of para-hydroxylation sites is 4. The molecule has 0 unspecified atom stereocenters. The lowest BCUT2D eigenvalue weighted by Crippen LogP contribution is -2.16. The highest BCUT2D eigenvalue weighted by molar-refractivity contribution is 6.11. The molecule has 0 spiro atoms. The lowest BCUT2D eigenvalue weighted by molar-refractivity contribution is 1.27. The molecule has 0 N–H and O–H groups in total. The Morgan fingerprint density at radius 1 is 0.241 bits per heavy atom. The monoisotopic (exact) mass is 1010 g/mol. The van der Waals surface area contributed by atoms with Gasteiger partial charge < -0.3 is 14.2 Å². The van der Waals surface area contributed by atoms with Gasteiger partial charge in [0.1, 0.15) is 0 Å². The van der Waals surface area contributed by atoms with E-state index in [1.807, 2.05) is 97.1 Å². The van der Waals surface area contributed by atoms with Gasteiger partial charge in [0.05, 0.1) is 27.9 Å². The summed E-state index contributed by atoms with van der Waals surface area (Å²) in [6, 6.07) is 102. The number of hydrogen-bond donors (Lipinski definition) is 0. The molecule has 0 saturated heterocycles. The standard InChI is InChI=1S/C74H49N3O2/c78-73-64-46-54(50-38-41-58(42-39-50)75(56-28-12-4-13-29-56)68-36-20-18-34-62(68)52-24-8-2-9-25-52)40-44-70(64)77-71-45-43-59(76(57-30-14-5-15-31-57)69-37-21-19-35-63(69)53-26-10-3-11-27-53)49-65(71)74(79)67-48-55(47-66(73)72(67)77)61-33-17-16-32-60(61)51-22-6-1-7-23-51/h1-49H. The van der Waals surface area contributed by atoms with Gasteiger partial charge in [-0.05, 0) is 136 Å². The molecule has 2 aromatic heterocycles. The molecule has 372 valence electrons. The highest BCUT2D eigenvalue weighted by Crippen LogP contribution is 2.44. The van der Waals surface area contributed by atoms with Gasteiger partial charge in [-0.25, -0.2) is 0 Å². The smallest absolute Gasteiger partial charge is 0.197 e. The molecule has 0 fully saturated rings. The van der Waals surface area contributed by atoms with E-state index < -0.39 is 0 Å². The first-order valence-electron chi connectivity index (χ1n) is 26.7. The van der Waals surface area contributed by atoms with Gasteiger partial charge in [-0.3, -0.25) is 9.59 Å². The lowest BCUT2D eigenvalue weighted by Gasteiger charge is -2.28. The van der Waals surface area contributed by atoms with Gasteiger partial charge in [0, 0.05) is 55.4 Å². The van der Waals surface area contributed by atoms with E-state index in [1.54, 1.807) is 0 Å². The molecule has 0 aliphatic rings.